The van der Waals surface area contributed by atoms with E-state index in [4.69, 9.17) is 4.74 Å². The van der Waals surface area contributed by atoms with Crippen LogP contribution in [-0.4, -0.2) is 64.3 Å². The van der Waals surface area contributed by atoms with Crippen molar-refractivity contribution in [2.75, 3.05) is 44.7 Å². The fraction of sp³-hybridized carbons (Fsp3) is 0.708. The van der Waals surface area contributed by atoms with Crippen LogP contribution in [0.2, 0.25) is 0 Å². The normalized spacial score (nSPS) is 28.7. The van der Waals surface area contributed by atoms with E-state index in [1.807, 2.05) is 30.1 Å². The van der Waals surface area contributed by atoms with Gasteiger partial charge in [-0.2, -0.15) is 5.10 Å². The van der Waals surface area contributed by atoms with Gasteiger partial charge >= 0.3 is 0 Å². The second kappa shape index (κ2) is 9.25. The van der Waals surface area contributed by atoms with Crippen LogP contribution in [-0.2, 0) is 11.8 Å². The molecule has 7 heteroatoms. The number of hydrogen-bond donors (Lipinski definition) is 1. The zero-order chi connectivity index (χ0) is 21.2. The highest BCUT2D eigenvalue weighted by Gasteiger charge is 2.40. The number of likely N-dealkylation sites (tertiary alicyclic amines) is 1. The van der Waals surface area contributed by atoms with Crippen molar-refractivity contribution in [1.82, 2.24) is 24.9 Å². The molecule has 7 nitrogen and oxygen atoms in total. The highest BCUT2D eigenvalue weighted by atomic mass is 16.5. The Hall–Kier alpha value is -1.99. The Morgan fingerprint density at radius 3 is 2.61 bits per heavy atom. The van der Waals surface area contributed by atoms with Gasteiger partial charge in [0.2, 0.25) is 0 Å². The van der Waals surface area contributed by atoms with Crippen LogP contribution >= 0.6 is 0 Å². The van der Waals surface area contributed by atoms with Gasteiger partial charge in [0.1, 0.15) is 11.5 Å². The lowest BCUT2D eigenvalue weighted by atomic mass is 10.00. The predicted molar refractivity (Wildman–Crippen MR) is 122 cm³/mol. The average Bonchev–Trinajstić information content (AvgIpc) is 3.42. The third-order valence-corrected chi connectivity index (χ3v) is 7.58. The Morgan fingerprint density at radius 2 is 1.97 bits per heavy atom. The molecule has 1 aliphatic carbocycles. The van der Waals surface area contributed by atoms with E-state index in [1.165, 1.54) is 51.7 Å². The van der Waals surface area contributed by atoms with Crippen LogP contribution < -0.4 is 5.32 Å². The number of rotatable bonds is 7. The second-order valence-electron chi connectivity index (χ2n) is 9.98. The molecular formula is C24H36N6O. The smallest absolute Gasteiger partial charge is 0.148 e. The number of aryl methyl sites for hydroxylation is 2. The van der Waals surface area contributed by atoms with Crippen LogP contribution in [0, 0.1) is 30.6 Å². The van der Waals surface area contributed by atoms with E-state index in [2.05, 4.69) is 32.4 Å². The summed E-state index contributed by atoms with van der Waals surface area (Å²) in [6.07, 6.45) is 8.49. The summed E-state index contributed by atoms with van der Waals surface area (Å²) >= 11 is 0. The van der Waals surface area contributed by atoms with Gasteiger partial charge in [-0.25, -0.2) is 0 Å². The molecule has 0 aromatic carbocycles. The first-order valence-corrected chi connectivity index (χ1v) is 12.0. The van der Waals surface area contributed by atoms with Gasteiger partial charge in [0, 0.05) is 39.8 Å². The number of anilines is 1. The molecule has 2 unspecified atom stereocenters. The van der Waals surface area contributed by atoms with E-state index in [0.29, 0.717) is 0 Å². The molecule has 4 atom stereocenters. The molecular weight excluding hydrogens is 388 g/mol. The fourth-order valence-corrected chi connectivity index (χ4v) is 6.10. The molecule has 31 heavy (non-hydrogen) atoms. The minimum Gasteiger partial charge on any atom is -0.381 e. The molecule has 4 heterocycles. The quantitative estimate of drug-likeness (QED) is 0.735. The molecule has 1 saturated carbocycles. The number of hydrogen-bond acceptors (Lipinski definition) is 6. The van der Waals surface area contributed by atoms with E-state index in [1.54, 1.807) is 0 Å². The SMILES string of the molecule is Cc1cnn(C)c1-c1ccc(NCCC2C[C@@H]3CN(CC4CCCOC4)C[C@@H]3C2)nn1. The molecule has 0 bridgehead atoms. The summed E-state index contributed by atoms with van der Waals surface area (Å²) in [5.41, 5.74) is 3.02. The Bertz CT molecular complexity index is 826. The van der Waals surface area contributed by atoms with Crippen molar-refractivity contribution in [3.8, 4) is 11.4 Å². The fourth-order valence-electron chi connectivity index (χ4n) is 6.10. The number of ether oxygens (including phenoxy) is 1. The summed E-state index contributed by atoms with van der Waals surface area (Å²) < 4.78 is 7.53. The van der Waals surface area contributed by atoms with Gasteiger partial charge in [0.25, 0.3) is 0 Å². The molecule has 0 spiro atoms. The zero-order valence-corrected chi connectivity index (χ0v) is 19.0. The van der Waals surface area contributed by atoms with E-state index in [9.17, 15) is 0 Å². The monoisotopic (exact) mass is 424 g/mol. The summed E-state index contributed by atoms with van der Waals surface area (Å²) in [6.45, 7) is 8.86. The lowest BCUT2D eigenvalue weighted by Crippen LogP contribution is -2.32. The molecule has 0 radical (unpaired) electrons. The van der Waals surface area contributed by atoms with Gasteiger partial charge in [0.15, 0.2) is 0 Å². The maximum atomic E-state index is 5.67. The maximum Gasteiger partial charge on any atom is 0.148 e. The van der Waals surface area contributed by atoms with Gasteiger partial charge in [-0.3, -0.25) is 4.68 Å². The van der Waals surface area contributed by atoms with Gasteiger partial charge in [-0.15, -0.1) is 10.2 Å². The van der Waals surface area contributed by atoms with Crippen LogP contribution in [0.15, 0.2) is 18.3 Å². The molecule has 2 aromatic rings. The maximum absolute atomic E-state index is 5.67. The summed E-state index contributed by atoms with van der Waals surface area (Å²) in [4.78, 5) is 2.73. The van der Waals surface area contributed by atoms with E-state index in [0.717, 1.165) is 66.2 Å². The first-order chi connectivity index (χ1) is 15.2. The van der Waals surface area contributed by atoms with Crippen molar-refractivity contribution in [3.05, 3.63) is 23.9 Å². The van der Waals surface area contributed by atoms with Crippen molar-refractivity contribution in [1.29, 1.82) is 0 Å². The van der Waals surface area contributed by atoms with Crippen molar-refractivity contribution in [2.45, 2.75) is 39.0 Å². The minimum absolute atomic E-state index is 0.766. The van der Waals surface area contributed by atoms with Crippen molar-refractivity contribution >= 4 is 5.82 Å². The molecule has 1 N–H and O–H groups in total. The van der Waals surface area contributed by atoms with Gasteiger partial charge in [-0.1, -0.05) is 0 Å². The Kier molecular flexibility index (Phi) is 6.23. The highest BCUT2D eigenvalue weighted by molar-refractivity contribution is 5.59. The van der Waals surface area contributed by atoms with E-state index < -0.39 is 0 Å². The summed E-state index contributed by atoms with van der Waals surface area (Å²) in [5, 5.41) is 16.6. The van der Waals surface area contributed by atoms with E-state index >= 15 is 0 Å². The topological polar surface area (TPSA) is 68.1 Å². The largest absolute Gasteiger partial charge is 0.381 e. The van der Waals surface area contributed by atoms with Gasteiger partial charge < -0.3 is 15.0 Å². The lowest BCUT2D eigenvalue weighted by Gasteiger charge is -2.27. The summed E-state index contributed by atoms with van der Waals surface area (Å²) in [6, 6.07) is 4.07. The Balaban J connectivity index is 1.04. The molecule has 0 amide bonds. The van der Waals surface area contributed by atoms with Crippen LogP contribution in [0.3, 0.4) is 0 Å². The van der Waals surface area contributed by atoms with Gasteiger partial charge in [-0.05, 0) is 80.4 Å². The molecule has 2 aliphatic heterocycles. The molecule has 5 rings (SSSR count). The van der Waals surface area contributed by atoms with Crippen molar-refractivity contribution < 1.29 is 4.74 Å². The molecule has 3 aliphatic rings. The number of fused-ring (bicyclic) bond motifs is 1. The molecule has 3 fully saturated rings. The Morgan fingerprint density at radius 1 is 1.13 bits per heavy atom. The number of nitrogens with zero attached hydrogens (tertiary/aromatic N) is 5. The number of nitrogens with one attached hydrogen (secondary N) is 1. The van der Waals surface area contributed by atoms with Gasteiger partial charge in [0.05, 0.1) is 18.5 Å². The summed E-state index contributed by atoms with van der Waals surface area (Å²) in [5.74, 6) is 4.31. The third-order valence-electron chi connectivity index (χ3n) is 7.58. The van der Waals surface area contributed by atoms with Crippen LogP contribution in [0.25, 0.3) is 11.4 Å². The first-order valence-electron chi connectivity index (χ1n) is 12.0. The van der Waals surface area contributed by atoms with Crippen LogP contribution in [0.1, 0.15) is 37.7 Å². The number of aromatic nitrogens is 4. The third kappa shape index (κ3) is 4.77. The highest BCUT2D eigenvalue weighted by Crippen LogP contribution is 2.43. The lowest BCUT2D eigenvalue weighted by molar-refractivity contribution is 0.0405. The van der Waals surface area contributed by atoms with Crippen molar-refractivity contribution in [3.63, 3.8) is 0 Å². The molecule has 2 aromatic heterocycles. The minimum atomic E-state index is 0.766. The molecule has 168 valence electrons. The zero-order valence-electron chi connectivity index (χ0n) is 19.0. The predicted octanol–water partition coefficient (Wildman–Crippen LogP) is 3.37. The van der Waals surface area contributed by atoms with Crippen LogP contribution in [0.4, 0.5) is 5.82 Å². The molecule has 2 saturated heterocycles. The summed E-state index contributed by atoms with van der Waals surface area (Å²) in [7, 11) is 1.94. The van der Waals surface area contributed by atoms with Crippen molar-refractivity contribution in [2.24, 2.45) is 30.7 Å². The average molecular weight is 425 g/mol. The van der Waals surface area contributed by atoms with E-state index in [-0.39, 0.29) is 0 Å². The second-order valence-corrected chi connectivity index (χ2v) is 9.98. The standard InChI is InChI=1S/C24H36N6O/c1-17-12-26-29(2)24(17)22-5-6-23(28-27-22)25-8-7-18-10-20-14-30(15-21(20)11-18)13-19-4-3-9-31-16-19/h5-6,12,18-21H,3-4,7-11,13-16H2,1-2H3,(H,25,28)/t18?,19?,20-,21+. The Labute approximate surface area is 185 Å². The first kappa shape index (κ1) is 20.9. The van der Waals surface area contributed by atoms with Crippen LogP contribution in [0.5, 0.6) is 0 Å².